The molecular formula is C15H15FN4OS. The summed E-state index contributed by atoms with van der Waals surface area (Å²) in [5.74, 6) is 0.381. The lowest BCUT2D eigenvalue weighted by Crippen LogP contribution is -2.28. The van der Waals surface area contributed by atoms with Gasteiger partial charge in [-0.1, -0.05) is 18.7 Å². The van der Waals surface area contributed by atoms with Crippen molar-refractivity contribution in [2.45, 2.75) is 13.3 Å². The molecule has 1 aliphatic heterocycles. The van der Waals surface area contributed by atoms with E-state index < -0.39 is 0 Å². The molecule has 0 saturated heterocycles. The number of amides is 1. The molecule has 0 unspecified atom stereocenters. The standard InChI is InChI=1S/C15H15FN4OS/c1-2-13-12(14(21)19-15-17-7-8-22-15)9-18-20(13)11-5-3-10(16)4-6-11/h3-6,9H,2,7-8H2,1H3,(H,17,19,21). The molecule has 1 N–H and O–H groups in total. The molecule has 7 heteroatoms. The number of nitrogens with zero attached hydrogens (tertiary/aromatic N) is 3. The molecule has 0 fully saturated rings. The molecule has 2 heterocycles. The molecule has 22 heavy (non-hydrogen) atoms. The first-order chi connectivity index (χ1) is 10.7. The molecule has 1 aromatic carbocycles. The lowest BCUT2D eigenvalue weighted by atomic mass is 10.2. The number of aromatic nitrogens is 2. The Hall–Kier alpha value is -2.15. The van der Waals surface area contributed by atoms with Crippen molar-refractivity contribution >= 4 is 22.8 Å². The monoisotopic (exact) mass is 318 g/mol. The summed E-state index contributed by atoms with van der Waals surface area (Å²) in [4.78, 5) is 16.6. The predicted octanol–water partition coefficient (Wildman–Crippen LogP) is 2.41. The van der Waals surface area contributed by atoms with Crippen LogP contribution in [-0.4, -0.2) is 33.2 Å². The summed E-state index contributed by atoms with van der Waals surface area (Å²) in [5.41, 5.74) is 2.03. The van der Waals surface area contributed by atoms with Gasteiger partial charge in [0.25, 0.3) is 5.91 Å². The van der Waals surface area contributed by atoms with E-state index in [1.54, 1.807) is 16.8 Å². The second-order valence-electron chi connectivity index (χ2n) is 4.74. The Balaban J connectivity index is 1.89. The van der Waals surface area contributed by atoms with Crippen molar-refractivity contribution in [3.05, 3.63) is 47.5 Å². The van der Waals surface area contributed by atoms with E-state index in [0.29, 0.717) is 17.2 Å². The average molecular weight is 318 g/mol. The number of aliphatic imine (C=N–C) groups is 1. The number of carbonyl (C=O) groups is 1. The zero-order valence-corrected chi connectivity index (χ0v) is 12.9. The molecule has 0 bridgehead atoms. The molecule has 1 aliphatic rings. The number of hydrogen-bond donors (Lipinski definition) is 1. The van der Waals surface area contributed by atoms with Crippen LogP contribution in [0, 0.1) is 5.82 Å². The molecule has 1 amide bonds. The molecule has 2 aromatic rings. The molecule has 0 radical (unpaired) electrons. The van der Waals surface area contributed by atoms with Gasteiger partial charge in [0.1, 0.15) is 5.82 Å². The highest BCUT2D eigenvalue weighted by Gasteiger charge is 2.19. The highest BCUT2D eigenvalue weighted by molar-refractivity contribution is 8.14. The first kappa shape index (κ1) is 14.8. The SMILES string of the molecule is CCc1c(C(=O)NC2=NCCS2)cnn1-c1ccc(F)cc1. The maximum Gasteiger partial charge on any atom is 0.260 e. The van der Waals surface area contributed by atoms with Gasteiger partial charge in [0.05, 0.1) is 29.7 Å². The number of rotatable bonds is 3. The van der Waals surface area contributed by atoms with E-state index >= 15 is 0 Å². The van der Waals surface area contributed by atoms with E-state index in [1.807, 2.05) is 6.92 Å². The summed E-state index contributed by atoms with van der Waals surface area (Å²) in [6.45, 7) is 2.69. The summed E-state index contributed by atoms with van der Waals surface area (Å²) in [6.07, 6.45) is 2.18. The fourth-order valence-corrected chi connectivity index (χ4v) is 3.01. The number of carbonyl (C=O) groups excluding carboxylic acids is 1. The number of benzene rings is 1. The van der Waals surface area contributed by atoms with E-state index in [1.165, 1.54) is 30.1 Å². The Labute approximate surface area is 131 Å². The van der Waals surface area contributed by atoms with Gasteiger partial charge < -0.3 is 5.32 Å². The summed E-state index contributed by atoms with van der Waals surface area (Å²) in [6, 6.07) is 6.03. The third-order valence-corrected chi connectivity index (χ3v) is 4.22. The maximum atomic E-state index is 13.0. The van der Waals surface area contributed by atoms with Gasteiger partial charge in [0.15, 0.2) is 5.17 Å². The first-order valence-corrected chi connectivity index (χ1v) is 7.99. The van der Waals surface area contributed by atoms with Gasteiger partial charge in [-0.05, 0) is 30.7 Å². The largest absolute Gasteiger partial charge is 0.301 e. The zero-order chi connectivity index (χ0) is 15.5. The van der Waals surface area contributed by atoms with E-state index in [0.717, 1.165) is 23.7 Å². The van der Waals surface area contributed by atoms with Crippen LogP contribution in [-0.2, 0) is 6.42 Å². The van der Waals surface area contributed by atoms with Crippen LogP contribution in [0.25, 0.3) is 5.69 Å². The van der Waals surface area contributed by atoms with Crippen LogP contribution in [0.3, 0.4) is 0 Å². The first-order valence-electron chi connectivity index (χ1n) is 7.00. The minimum atomic E-state index is -0.303. The number of amidine groups is 1. The van der Waals surface area contributed by atoms with Gasteiger partial charge in [-0.25, -0.2) is 9.07 Å². The van der Waals surface area contributed by atoms with Gasteiger partial charge in [0.2, 0.25) is 0 Å². The van der Waals surface area contributed by atoms with E-state index in [2.05, 4.69) is 15.4 Å². The predicted molar refractivity (Wildman–Crippen MR) is 85.1 cm³/mol. The van der Waals surface area contributed by atoms with Gasteiger partial charge in [-0.2, -0.15) is 5.10 Å². The fraction of sp³-hybridized carbons (Fsp3) is 0.267. The summed E-state index contributed by atoms with van der Waals surface area (Å²) in [7, 11) is 0. The molecule has 5 nitrogen and oxygen atoms in total. The van der Waals surface area contributed by atoms with Crippen LogP contribution in [0.1, 0.15) is 23.0 Å². The lowest BCUT2D eigenvalue weighted by molar-refractivity contribution is 0.0977. The molecule has 0 saturated carbocycles. The second kappa shape index (κ2) is 6.31. The Morgan fingerprint density at radius 2 is 2.18 bits per heavy atom. The minimum Gasteiger partial charge on any atom is -0.301 e. The van der Waals surface area contributed by atoms with Crippen molar-refractivity contribution in [1.82, 2.24) is 15.1 Å². The Bertz CT molecular complexity index is 724. The molecular weight excluding hydrogens is 303 g/mol. The highest BCUT2D eigenvalue weighted by Crippen LogP contribution is 2.17. The number of nitrogens with one attached hydrogen (secondary N) is 1. The molecule has 114 valence electrons. The van der Waals surface area contributed by atoms with Crippen LogP contribution in [0.15, 0.2) is 35.5 Å². The smallest absolute Gasteiger partial charge is 0.260 e. The fourth-order valence-electron chi connectivity index (χ4n) is 2.28. The third-order valence-electron chi connectivity index (χ3n) is 3.33. The molecule has 0 aliphatic carbocycles. The minimum absolute atomic E-state index is 0.210. The topological polar surface area (TPSA) is 59.3 Å². The van der Waals surface area contributed by atoms with Crippen LogP contribution >= 0.6 is 11.8 Å². The molecule has 3 rings (SSSR count). The van der Waals surface area contributed by atoms with Crippen molar-refractivity contribution < 1.29 is 9.18 Å². The maximum absolute atomic E-state index is 13.0. The summed E-state index contributed by atoms with van der Waals surface area (Å²) in [5, 5.41) is 7.73. The number of hydrogen-bond acceptors (Lipinski definition) is 4. The lowest BCUT2D eigenvalue weighted by Gasteiger charge is -2.08. The van der Waals surface area contributed by atoms with E-state index in [-0.39, 0.29) is 11.7 Å². The van der Waals surface area contributed by atoms with Crippen LogP contribution in [0.4, 0.5) is 4.39 Å². The summed E-state index contributed by atoms with van der Waals surface area (Å²) < 4.78 is 14.7. The van der Waals surface area contributed by atoms with E-state index in [9.17, 15) is 9.18 Å². The number of halogens is 1. The van der Waals surface area contributed by atoms with Crippen molar-refractivity contribution in [3.63, 3.8) is 0 Å². The second-order valence-corrected chi connectivity index (χ2v) is 5.82. The number of thioether (sulfide) groups is 1. The van der Waals surface area contributed by atoms with Crippen LogP contribution < -0.4 is 5.32 Å². The Morgan fingerprint density at radius 1 is 1.41 bits per heavy atom. The van der Waals surface area contributed by atoms with Crippen molar-refractivity contribution in [2.75, 3.05) is 12.3 Å². The quantitative estimate of drug-likeness (QED) is 0.945. The summed E-state index contributed by atoms with van der Waals surface area (Å²) >= 11 is 1.53. The van der Waals surface area contributed by atoms with Crippen LogP contribution in [0.2, 0.25) is 0 Å². The zero-order valence-electron chi connectivity index (χ0n) is 12.0. The molecule has 0 spiro atoms. The highest BCUT2D eigenvalue weighted by atomic mass is 32.2. The van der Waals surface area contributed by atoms with Crippen molar-refractivity contribution in [1.29, 1.82) is 0 Å². The van der Waals surface area contributed by atoms with Gasteiger partial charge >= 0.3 is 0 Å². The average Bonchev–Trinajstić information content (AvgIpc) is 3.16. The van der Waals surface area contributed by atoms with Crippen molar-refractivity contribution in [3.8, 4) is 5.69 Å². The van der Waals surface area contributed by atoms with Crippen LogP contribution in [0.5, 0.6) is 0 Å². The Kier molecular flexibility index (Phi) is 4.24. The molecule has 0 atom stereocenters. The normalized spacial score (nSPS) is 14.0. The molecule has 1 aromatic heterocycles. The van der Waals surface area contributed by atoms with Gasteiger partial charge in [-0.15, -0.1) is 0 Å². The third kappa shape index (κ3) is 2.89. The van der Waals surface area contributed by atoms with Crippen molar-refractivity contribution in [2.24, 2.45) is 4.99 Å². The van der Waals surface area contributed by atoms with Gasteiger partial charge in [-0.3, -0.25) is 9.79 Å². The Morgan fingerprint density at radius 3 is 2.82 bits per heavy atom. The van der Waals surface area contributed by atoms with Gasteiger partial charge in [0, 0.05) is 5.75 Å². The van der Waals surface area contributed by atoms with E-state index in [4.69, 9.17) is 0 Å².